The van der Waals surface area contributed by atoms with E-state index in [1.165, 1.54) is 4.90 Å². The van der Waals surface area contributed by atoms with E-state index < -0.39 is 59.2 Å². The van der Waals surface area contributed by atoms with Gasteiger partial charge in [-0.15, -0.1) is 0 Å². The van der Waals surface area contributed by atoms with Crippen LogP contribution in [0.2, 0.25) is 0 Å². The molecule has 0 radical (unpaired) electrons. The average molecular weight is 640 g/mol. The van der Waals surface area contributed by atoms with Crippen LogP contribution < -0.4 is 10.6 Å². The zero-order chi connectivity index (χ0) is 35.0. The van der Waals surface area contributed by atoms with Crippen LogP contribution in [0.15, 0.2) is 48.5 Å². The SMILES string of the molecule is CCC(C)C(NC(=O)OC(C)(C)C)C(=O)N(C(C)C)C(C(=O)NC(Cc1ccccc1)C(=O)OC(C)(C)C)c1cccc(C)c1O. The molecule has 0 bridgehead atoms. The van der Waals surface area contributed by atoms with Gasteiger partial charge in [0.05, 0.1) is 0 Å². The van der Waals surface area contributed by atoms with Gasteiger partial charge in [-0.2, -0.15) is 0 Å². The molecule has 0 aromatic heterocycles. The number of hydrogen-bond acceptors (Lipinski definition) is 7. The molecule has 0 fully saturated rings. The highest BCUT2D eigenvalue weighted by molar-refractivity contribution is 5.94. The van der Waals surface area contributed by atoms with Gasteiger partial charge >= 0.3 is 12.1 Å². The molecular formula is C36H53N3O7. The molecule has 10 heteroatoms. The van der Waals surface area contributed by atoms with Crippen molar-refractivity contribution in [3.8, 4) is 5.75 Å². The third kappa shape index (κ3) is 11.1. The molecule has 2 aromatic rings. The van der Waals surface area contributed by atoms with Gasteiger partial charge < -0.3 is 30.1 Å². The average Bonchev–Trinajstić information content (AvgIpc) is 2.93. The topological polar surface area (TPSA) is 134 Å². The lowest BCUT2D eigenvalue weighted by Gasteiger charge is -2.39. The lowest BCUT2D eigenvalue weighted by molar-refractivity contribution is -0.159. The fourth-order valence-electron chi connectivity index (χ4n) is 4.94. The summed E-state index contributed by atoms with van der Waals surface area (Å²) in [4.78, 5) is 56.7. The fourth-order valence-corrected chi connectivity index (χ4v) is 4.94. The van der Waals surface area contributed by atoms with Crippen molar-refractivity contribution in [2.75, 3.05) is 0 Å². The summed E-state index contributed by atoms with van der Waals surface area (Å²) in [6.07, 6.45) is -0.0796. The smallest absolute Gasteiger partial charge is 0.408 e. The van der Waals surface area contributed by atoms with Gasteiger partial charge in [0.15, 0.2) is 0 Å². The van der Waals surface area contributed by atoms with Gasteiger partial charge in [-0.3, -0.25) is 9.59 Å². The van der Waals surface area contributed by atoms with Gasteiger partial charge in [0.2, 0.25) is 11.8 Å². The molecule has 254 valence electrons. The highest BCUT2D eigenvalue weighted by Gasteiger charge is 2.42. The minimum atomic E-state index is -1.36. The lowest BCUT2D eigenvalue weighted by atomic mass is 9.93. The number of phenols is 1. The molecular weight excluding hydrogens is 586 g/mol. The number of aromatic hydroxyl groups is 1. The van der Waals surface area contributed by atoms with Crippen molar-refractivity contribution in [3.63, 3.8) is 0 Å². The molecule has 0 aliphatic rings. The van der Waals surface area contributed by atoms with Crippen LogP contribution in [0.4, 0.5) is 4.79 Å². The van der Waals surface area contributed by atoms with E-state index in [1.54, 1.807) is 80.5 Å². The first-order valence-corrected chi connectivity index (χ1v) is 15.9. The Morgan fingerprint density at radius 1 is 0.848 bits per heavy atom. The number of aryl methyl sites for hydroxylation is 1. The van der Waals surface area contributed by atoms with Crippen LogP contribution in [-0.4, -0.2) is 63.2 Å². The Labute approximate surface area is 274 Å². The summed E-state index contributed by atoms with van der Waals surface area (Å²) in [7, 11) is 0. The number of carbonyl (C=O) groups is 4. The Bertz CT molecular complexity index is 1350. The highest BCUT2D eigenvalue weighted by Crippen LogP contribution is 2.34. The molecule has 10 nitrogen and oxygen atoms in total. The third-order valence-corrected chi connectivity index (χ3v) is 7.34. The van der Waals surface area contributed by atoms with Crippen molar-refractivity contribution >= 4 is 23.9 Å². The number of nitrogens with one attached hydrogen (secondary N) is 2. The van der Waals surface area contributed by atoms with Crippen molar-refractivity contribution in [1.29, 1.82) is 0 Å². The summed E-state index contributed by atoms with van der Waals surface area (Å²) >= 11 is 0. The molecule has 4 atom stereocenters. The lowest BCUT2D eigenvalue weighted by Crippen LogP contribution is -2.58. The molecule has 0 aliphatic carbocycles. The second kappa shape index (κ2) is 16.0. The molecule has 4 unspecified atom stereocenters. The number of nitrogens with zero attached hydrogens (tertiary/aromatic N) is 1. The van der Waals surface area contributed by atoms with Crippen LogP contribution in [0, 0.1) is 12.8 Å². The Hall–Kier alpha value is -4.08. The number of hydrogen-bond donors (Lipinski definition) is 3. The van der Waals surface area contributed by atoms with Crippen LogP contribution >= 0.6 is 0 Å². The Morgan fingerprint density at radius 2 is 1.43 bits per heavy atom. The van der Waals surface area contributed by atoms with E-state index in [0.717, 1.165) is 5.56 Å². The highest BCUT2D eigenvalue weighted by atomic mass is 16.6. The monoisotopic (exact) mass is 639 g/mol. The maximum absolute atomic E-state index is 14.5. The minimum absolute atomic E-state index is 0.138. The van der Waals surface area contributed by atoms with E-state index in [0.29, 0.717) is 12.0 Å². The molecule has 0 saturated carbocycles. The van der Waals surface area contributed by atoms with Gasteiger partial charge in [-0.25, -0.2) is 9.59 Å². The zero-order valence-corrected chi connectivity index (χ0v) is 29.3. The second-order valence-electron chi connectivity index (χ2n) is 14.0. The quantitative estimate of drug-likeness (QED) is 0.243. The number of para-hydroxylation sites is 1. The van der Waals surface area contributed by atoms with E-state index in [2.05, 4.69) is 10.6 Å². The van der Waals surface area contributed by atoms with E-state index in [-0.39, 0.29) is 23.7 Å². The third-order valence-electron chi connectivity index (χ3n) is 7.34. The van der Waals surface area contributed by atoms with E-state index in [9.17, 15) is 24.3 Å². The molecule has 3 N–H and O–H groups in total. The largest absolute Gasteiger partial charge is 0.507 e. The summed E-state index contributed by atoms with van der Waals surface area (Å²) in [6.45, 7) is 19.3. The second-order valence-corrected chi connectivity index (χ2v) is 14.0. The van der Waals surface area contributed by atoms with Crippen LogP contribution in [0.3, 0.4) is 0 Å². The van der Waals surface area contributed by atoms with Crippen LogP contribution in [0.25, 0.3) is 0 Å². The van der Waals surface area contributed by atoms with Crippen molar-refractivity contribution in [2.45, 2.75) is 124 Å². The molecule has 2 rings (SSSR count). The summed E-state index contributed by atoms with van der Waals surface area (Å²) in [6, 6.07) is 10.1. The van der Waals surface area contributed by atoms with Gasteiger partial charge in [-0.05, 0) is 79.4 Å². The molecule has 0 spiro atoms. The van der Waals surface area contributed by atoms with Gasteiger partial charge in [0.25, 0.3) is 0 Å². The van der Waals surface area contributed by atoms with Crippen molar-refractivity contribution in [3.05, 3.63) is 65.2 Å². The molecule has 0 heterocycles. The fraction of sp³-hybridized carbons (Fsp3) is 0.556. The number of ether oxygens (including phenoxy) is 2. The number of carbonyl (C=O) groups excluding carboxylic acids is 4. The van der Waals surface area contributed by atoms with Gasteiger partial charge in [-0.1, -0.05) is 68.8 Å². The predicted octanol–water partition coefficient (Wildman–Crippen LogP) is 5.99. The van der Waals surface area contributed by atoms with Gasteiger partial charge in [0.1, 0.15) is 35.1 Å². The predicted molar refractivity (Wildman–Crippen MR) is 178 cm³/mol. The number of alkyl carbamates (subject to hydrolysis) is 1. The molecule has 0 aliphatic heterocycles. The van der Waals surface area contributed by atoms with Crippen molar-refractivity contribution < 1.29 is 33.8 Å². The Morgan fingerprint density at radius 3 is 1.96 bits per heavy atom. The van der Waals surface area contributed by atoms with Crippen LogP contribution in [0.1, 0.15) is 98.4 Å². The Kier molecular flexibility index (Phi) is 13.2. The van der Waals surface area contributed by atoms with Crippen molar-refractivity contribution in [2.24, 2.45) is 5.92 Å². The summed E-state index contributed by atoms with van der Waals surface area (Å²) in [5, 5.41) is 16.8. The standard InChI is InChI=1S/C36H53N3O7/c1-12-23(4)28(38-34(44)46-36(9,10)11)32(42)39(22(2)3)29(26-20-16-17-24(5)30(26)40)31(41)37-27(33(43)45-35(6,7)8)21-25-18-14-13-15-19-25/h13-20,22-23,27-29,40H,12,21H2,1-11H3,(H,37,41)(H,38,44). The number of phenolic OH excluding ortho intramolecular Hbond substituents is 1. The minimum Gasteiger partial charge on any atom is -0.507 e. The van der Waals surface area contributed by atoms with E-state index in [4.69, 9.17) is 9.47 Å². The zero-order valence-electron chi connectivity index (χ0n) is 29.3. The number of benzene rings is 2. The Balaban J connectivity index is 2.67. The summed E-state index contributed by atoms with van der Waals surface area (Å²) in [5.41, 5.74) is -0.131. The normalized spacial score (nSPS) is 14.4. The van der Waals surface area contributed by atoms with Crippen LogP contribution in [0.5, 0.6) is 5.75 Å². The van der Waals surface area contributed by atoms with Crippen molar-refractivity contribution in [1.82, 2.24) is 15.5 Å². The first-order valence-electron chi connectivity index (χ1n) is 15.9. The molecule has 3 amide bonds. The van der Waals surface area contributed by atoms with E-state index >= 15 is 0 Å². The first kappa shape index (κ1) is 38.1. The number of amides is 3. The van der Waals surface area contributed by atoms with Gasteiger partial charge in [0, 0.05) is 18.0 Å². The first-order chi connectivity index (χ1) is 21.3. The maximum atomic E-state index is 14.5. The molecule has 0 saturated heterocycles. The number of rotatable bonds is 12. The summed E-state index contributed by atoms with van der Waals surface area (Å²) < 4.78 is 11.1. The molecule has 2 aromatic carbocycles. The number of esters is 1. The summed E-state index contributed by atoms with van der Waals surface area (Å²) in [5.74, 6) is -2.34. The molecule has 46 heavy (non-hydrogen) atoms. The van der Waals surface area contributed by atoms with E-state index in [1.807, 2.05) is 44.2 Å². The van der Waals surface area contributed by atoms with Crippen LogP contribution in [-0.2, 0) is 30.3 Å². The maximum Gasteiger partial charge on any atom is 0.408 e.